The molecule has 1 aliphatic heterocycles. The number of rotatable bonds is 4. The molecule has 0 radical (unpaired) electrons. The highest BCUT2D eigenvalue weighted by atomic mass is 32.2. The molecule has 1 heterocycles. The van der Waals surface area contributed by atoms with Crippen LogP contribution in [0, 0.1) is 0 Å². The Hall–Kier alpha value is -0.960. The van der Waals surface area contributed by atoms with Gasteiger partial charge in [0.05, 0.1) is 0 Å². The summed E-state index contributed by atoms with van der Waals surface area (Å²) >= 11 is 1.42. The van der Waals surface area contributed by atoms with Gasteiger partial charge in [0.1, 0.15) is 0 Å². The Morgan fingerprint density at radius 2 is 2.06 bits per heavy atom. The van der Waals surface area contributed by atoms with Crippen molar-refractivity contribution in [3.63, 3.8) is 0 Å². The van der Waals surface area contributed by atoms with E-state index in [9.17, 15) is 4.79 Å². The third kappa shape index (κ3) is 3.03. The summed E-state index contributed by atoms with van der Waals surface area (Å²) in [4.78, 5) is 13.4. The second kappa shape index (κ2) is 5.58. The average Bonchev–Trinajstić information content (AvgIpc) is 2.75. The number of hydrogen-bond donors (Lipinski definition) is 0. The summed E-state index contributed by atoms with van der Waals surface area (Å²) in [5, 5.41) is 0.219. The normalized spacial score (nSPS) is 17.5. The first-order valence-corrected chi connectivity index (χ1v) is 7.19. The maximum atomic E-state index is 11.5. The lowest BCUT2D eigenvalue weighted by molar-refractivity contribution is 0.228. The van der Waals surface area contributed by atoms with Crippen molar-refractivity contribution in [3.8, 4) is 0 Å². The highest BCUT2D eigenvalue weighted by molar-refractivity contribution is 8.13. The van der Waals surface area contributed by atoms with E-state index in [2.05, 4.69) is 38.1 Å². The maximum Gasteiger partial charge on any atom is 0.282 e. The van der Waals surface area contributed by atoms with E-state index in [1.165, 1.54) is 29.3 Å². The van der Waals surface area contributed by atoms with Crippen molar-refractivity contribution in [2.45, 2.75) is 32.7 Å². The molecule has 1 amide bonds. The average molecular weight is 249 g/mol. The largest absolute Gasteiger partial charge is 0.328 e. The molecule has 1 atom stereocenters. The zero-order valence-electron chi connectivity index (χ0n) is 10.5. The summed E-state index contributed by atoms with van der Waals surface area (Å²) < 4.78 is 0. The van der Waals surface area contributed by atoms with Gasteiger partial charge in [-0.25, -0.2) is 0 Å². The van der Waals surface area contributed by atoms with Gasteiger partial charge >= 0.3 is 0 Å². The van der Waals surface area contributed by atoms with Gasteiger partial charge in [-0.15, -0.1) is 0 Å². The lowest BCUT2D eigenvalue weighted by atomic mass is 9.97. The van der Waals surface area contributed by atoms with E-state index in [0.717, 1.165) is 18.8 Å². The first-order valence-electron chi connectivity index (χ1n) is 6.21. The molecule has 1 unspecified atom stereocenters. The third-order valence-electron chi connectivity index (χ3n) is 3.38. The Bertz CT molecular complexity index is 388. The first kappa shape index (κ1) is 12.5. The smallest absolute Gasteiger partial charge is 0.282 e. The molecule has 0 saturated carbocycles. The number of carbonyl (C=O) groups excluding carboxylic acids is 1. The van der Waals surface area contributed by atoms with E-state index >= 15 is 0 Å². The van der Waals surface area contributed by atoms with Crippen molar-refractivity contribution in [2.75, 3.05) is 12.3 Å². The topological polar surface area (TPSA) is 20.3 Å². The molecule has 0 N–H and O–H groups in total. The molecule has 1 fully saturated rings. The van der Waals surface area contributed by atoms with Crippen molar-refractivity contribution in [3.05, 3.63) is 35.4 Å². The number of thioether (sulfide) groups is 1. The van der Waals surface area contributed by atoms with Crippen LogP contribution in [0.15, 0.2) is 24.3 Å². The van der Waals surface area contributed by atoms with Gasteiger partial charge in [0.15, 0.2) is 0 Å². The van der Waals surface area contributed by atoms with E-state index in [1.54, 1.807) is 0 Å². The minimum atomic E-state index is 0.219. The van der Waals surface area contributed by atoms with E-state index < -0.39 is 0 Å². The molecule has 3 heteroatoms. The molecule has 0 spiro atoms. The first-order chi connectivity index (χ1) is 8.20. The summed E-state index contributed by atoms with van der Waals surface area (Å²) in [6, 6.07) is 8.68. The van der Waals surface area contributed by atoms with Gasteiger partial charge in [-0.2, -0.15) is 0 Å². The van der Waals surface area contributed by atoms with Crippen LogP contribution >= 0.6 is 11.8 Å². The van der Waals surface area contributed by atoms with Gasteiger partial charge in [0.25, 0.3) is 5.24 Å². The highest BCUT2D eigenvalue weighted by Gasteiger charge is 2.20. The number of nitrogens with zero attached hydrogens (tertiary/aromatic N) is 1. The van der Waals surface area contributed by atoms with Crippen LogP contribution < -0.4 is 0 Å². The van der Waals surface area contributed by atoms with Gasteiger partial charge in [-0.3, -0.25) is 4.79 Å². The van der Waals surface area contributed by atoms with Crippen molar-refractivity contribution < 1.29 is 4.79 Å². The lowest BCUT2D eigenvalue weighted by Crippen LogP contribution is -2.22. The second-order valence-corrected chi connectivity index (χ2v) is 5.63. The standard InChI is InChI=1S/C14H19NOS/c1-3-11(2)13-6-4-12(5-7-13)10-15-8-9-17-14(15)16/h4-7,11H,3,8-10H2,1-2H3. The minimum Gasteiger partial charge on any atom is -0.328 e. The minimum absolute atomic E-state index is 0.219. The molecule has 0 aromatic heterocycles. The number of hydrogen-bond acceptors (Lipinski definition) is 2. The summed E-state index contributed by atoms with van der Waals surface area (Å²) in [6.45, 7) is 6.09. The van der Waals surface area contributed by atoms with E-state index in [-0.39, 0.29) is 5.24 Å². The van der Waals surface area contributed by atoms with Crippen LogP contribution in [0.2, 0.25) is 0 Å². The Kier molecular flexibility index (Phi) is 4.11. The summed E-state index contributed by atoms with van der Waals surface area (Å²) in [6.07, 6.45) is 1.17. The molecular formula is C14H19NOS. The zero-order valence-corrected chi connectivity index (χ0v) is 11.3. The number of amides is 1. The van der Waals surface area contributed by atoms with Crippen molar-refractivity contribution in [1.29, 1.82) is 0 Å². The summed E-state index contributed by atoms with van der Waals surface area (Å²) in [5.74, 6) is 1.55. The Balaban J connectivity index is 2.00. The highest BCUT2D eigenvalue weighted by Crippen LogP contribution is 2.22. The van der Waals surface area contributed by atoms with Crippen LogP contribution in [0.3, 0.4) is 0 Å². The van der Waals surface area contributed by atoms with Gasteiger partial charge < -0.3 is 4.90 Å². The van der Waals surface area contributed by atoms with Crippen LogP contribution in [0.25, 0.3) is 0 Å². The van der Waals surface area contributed by atoms with Crippen molar-refractivity contribution in [1.82, 2.24) is 4.90 Å². The zero-order chi connectivity index (χ0) is 12.3. The number of carbonyl (C=O) groups is 1. The van der Waals surface area contributed by atoms with Gasteiger partial charge in [-0.05, 0) is 23.5 Å². The fourth-order valence-electron chi connectivity index (χ4n) is 1.98. The molecule has 2 rings (SSSR count). The maximum absolute atomic E-state index is 11.5. The molecule has 0 aliphatic carbocycles. The van der Waals surface area contributed by atoms with Crippen LogP contribution in [0.5, 0.6) is 0 Å². The molecule has 1 saturated heterocycles. The molecule has 1 aromatic rings. The van der Waals surface area contributed by atoms with E-state index in [0.29, 0.717) is 5.92 Å². The van der Waals surface area contributed by atoms with Crippen LogP contribution in [0.1, 0.15) is 37.3 Å². The summed E-state index contributed by atoms with van der Waals surface area (Å²) in [7, 11) is 0. The summed E-state index contributed by atoms with van der Waals surface area (Å²) in [5.41, 5.74) is 2.62. The number of benzene rings is 1. The molecule has 0 bridgehead atoms. The molecule has 2 nitrogen and oxygen atoms in total. The van der Waals surface area contributed by atoms with Crippen molar-refractivity contribution in [2.24, 2.45) is 0 Å². The fraction of sp³-hybridized carbons (Fsp3) is 0.500. The quantitative estimate of drug-likeness (QED) is 0.807. The van der Waals surface area contributed by atoms with E-state index in [1.807, 2.05) is 4.90 Å². The Morgan fingerprint density at radius 1 is 1.35 bits per heavy atom. The van der Waals surface area contributed by atoms with Crippen LogP contribution in [-0.2, 0) is 6.54 Å². The van der Waals surface area contributed by atoms with Gasteiger partial charge in [0.2, 0.25) is 0 Å². The predicted octanol–water partition coefficient (Wildman–Crippen LogP) is 3.87. The molecule has 1 aromatic carbocycles. The van der Waals surface area contributed by atoms with Crippen LogP contribution in [0.4, 0.5) is 4.79 Å². The van der Waals surface area contributed by atoms with E-state index in [4.69, 9.17) is 0 Å². The molecule has 1 aliphatic rings. The molecule has 17 heavy (non-hydrogen) atoms. The Morgan fingerprint density at radius 3 is 2.59 bits per heavy atom. The third-order valence-corrected chi connectivity index (χ3v) is 4.27. The predicted molar refractivity (Wildman–Crippen MR) is 73.4 cm³/mol. The van der Waals surface area contributed by atoms with Gasteiger partial charge in [-0.1, -0.05) is 49.9 Å². The molecular weight excluding hydrogens is 230 g/mol. The van der Waals surface area contributed by atoms with Crippen LogP contribution in [-0.4, -0.2) is 22.4 Å². The SMILES string of the molecule is CCC(C)c1ccc(CN2CCSC2=O)cc1. The van der Waals surface area contributed by atoms with Gasteiger partial charge in [0, 0.05) is 18.8 Å². The lowest BCUT2D eigenvalue weighted by Gasteiger charge is -2.15. The fourth-order valence-corrected chi connectivity index (χ4v) is 2.80. The molecule has 92 valence electrons. The monoisotopic (exact) mass is 249 g/mol. The van der Waals surface area contributed by atoms with Crippen molar-refractivity contribution >= 4 is 17.0 Å². The second-order valence-electron chi connectivity index (χ2n) is 4.59. The Labute approximate surface area is 107 Å².